The maximum Gasteiger partial charge on any atom is 0.159 e. The van der Waals surface area contributed by atoms with Gasteiger partial charge in [-0.15, -0.1) is 0 Å². The van der Waals surface area contributed by atoms with Crippen LogP contribution in [0.15, 0.2) is 66.7 Å². The Hall–Kier alpha value is -3.78. The highest BCUT2D eigenvalue weighted by molar-refractivity contribution is 5.84. The van der Waals surface area contributed by atoms with Crippen LogP contribution in [0.5, 0.6) is 5.75 Å². The predicted molar refractivity (Wildman–Crippen MR) is 122 cm³/mol. The van der Waals surface area contributed by atoms with E-state index in [0.29, 0.717) is 34.3 Å². The SMILES string of the molecule is CCCCOc1ccc(-c2ccc(C#Cc3ccc4cc(F)c(F)cc4c3)c(F)c2)c(F)c1. The van der Waals surface area contributed by atoms with Gasteiger partial charge in [-0.3, -0.25) is 0 Å². The first-order chi connectivity index (χ1) is 15.9. The average Bonchev–Trinajstić information content (AvgIpc) is 2.79. The lowest BCUT2D eigenvalue weighted by Gasteiger charge is -2.09. The Morgan fingerprint density at radius 3 is 2.21 bits per heavy atom. The molecule has 0 N–H and O–H groups in total. The van der Waals surface area contributed by atoms with Crippen LogP contribution in [0.2, 0.25) is 0 Å². The molecule has 0 spiro atoms. The zero-order chi connectivity index (χ0) is 23.4. The Kier molecular flexibility index (Phi) is 6.65. The second-order valence-electron chi connectivity index (χ2n) is 7.62. The zero-order valence-electron chi connectivity index (χ0n) is 17.9. The first-order valence-corrected chi connectivity index (χ1v) is 10.6. The number of rotatable bonds is 5. The first-order valence-electron chi connectivity index (χ1n) is 10.6. The number of hydrogen-bond acceptors (Lipinski definition) is 1. The Morgan fingerprint density at radius 1 is 0.697 bits per heavy atom. The van der Waals surface area contributed by atoms with Gasteiger partial charge in [-0.05, 0) is 71.3 Å². The van der Waals surface area contributed by atoms with Crippen molar-refractivity contribution in [1.82, 2.24) is 0 Å². The normalized spacial score (nSPS) is 10.7. The van der Waals surface area contributed by atoms with Crippen LogP contribution in [-0.4, -0.2) is 6.61 Å². The van der Waals surface area contributed by atoms with Crippen LogP contribution in [0.4, 0.5) is 17.6 Å². The van der Waals surface area contributed by atoms with E-state index in [-0.39, 0.29) is 11.1 Å². The molecule has 1 nitrogen and oxygen atoms in total. The van der Waals surface area contributed by atoms with Crippen LogP contribution in [0.25, 0.3) is 21.9 Å². The van der Waals surface area contributed by atoms with Gasteiger partial charge in [0, 0.05) is 17.2 Å². The molecule has 0 heterocycles. The molecular weight excluding hydrogens is 428 g/mol. The molecule has 0 saturated carbocycles. The van der Waals surface area contributed by atoms with Crippen molar-refractivity contribution in [2.45, 2.75) is 19.8 Å². The number of ether oxygens (including phenoxy) is 1. The topological polar surface area (TPSA) is 9.23 Å². The monoisotopic (exact) mass is 448 g/mol. The maximum atomic E-state index is 14.7. The lowest BCUT2D eigenvalue weighted by Crippen LogP contribution is -1.97. The molecule has 0 aliphatic rings. The fourth-order valence-electron chi connectivity index (χ4n) is 3.40. The van der Waals surface area contributed by atoms with Crippen molar-refractivity contribution in [2.24, 2.45) is 0 Å². The van der Waals surface area contributed by atoms with Crippen molar-refractivity contribution in [2.75, 3.05) is 6.61 Å². The molecule has 4 aromatic rings. The molecule has 0 radical (unpaired) electrons. The van der Waals surface area contributed by atoms with Gasteiger partial charge < -0.3 is 4.74 Å². The second-order valence-corrected chi connectivity index (χ2v) is 7.62. The van der Waals surface area contributed by atoms with Crippen LogP contribution >= 0.6 is 0 Å². The molecule has 0 unspecified atom stereocenters. The van der Waals surface area contributed by atoms with Gasteiger partial charge >= 0.3 is 0 Å². The van der Waals surface area contributed by atoms with Gasteiger partial charge in [0.1, 0.15) is 17.4 Å². The molecule has 4 rings (SSSR count). The van der Waals surface area contributed by atoms with E-state index < -0.39 is 23.3 Å². The molecule has 0 saturated heterocycles. The third kappa shape index (κ3) is 5.18. The van der Waals surface area contributed by atoms with Gasteiger partial charge in [-0.1, -0.05) is 37.3 Å². The van der Waals surface area contributed by atoms with E-state index in [1.807, 2.05) is 6.92 Å². The fraction of sp³-hybridized carbons (Fsp3) is 0.143. The van der Waals surface area contributed by atoms with E-state index in [1.54, 1.807) is 36.4 Å². The van der Waals surface area contributed by atoms with Crippen LogP contribution in [-0.2, 0) is 0 Å². The van der Waals surface area contributed by atoms with E-state index in [4.69, 9.17) is 4.74 Å². The van der Waals surface area contributed by atoms with Crippen LogP contribution in [0, 0.1) is 35.1 Å². The minimum atomic E-state index is -0.943. The molecule has 33 heavy (non-hydrogen) atoms. The minimum absolute atomic E-state index is 0.143. The van der Waals surface area contributed by atoms with E-state index in [2.05, 4.69) is 11.8 Å². The van der Waals surface area contributed by atoms with E-state index >= 15 is 0 Å². The highest BCUT2D eigenvalue weighted by Crippen LogP contribution is 2.28. The van der Waals surface area contributed by atoms with Gasteiger partial charge in [-0.2, -0.15) is 0 Å². The van der Waals surface area contributed by atoms with Gasteiger partial charge in [0.05, 0.1) is 12.2 Å². The average molecular weight is 448 g/mol. The van der Waals surface area contributed by atoms with Gasteiger partial charge in [0.25, 0.3) is 0 Å². The molecule has 0 atom stereocenters. The summed E-state index contributed by atoms with van der Waals surface area (Å²) in [5.41, 5.74) is 1.32. The fourth-order valence-corrected chi connectivity index (χ4v) is 3.40. The summed E-state index contributed by atoms with van der Waals surface area (Å²) in [5, 5.41) is 1.04. The molecule has 0 aromatic heterocycles. The summed E-state index contributed by atoms with van der Waals surface area (Å²) in [6, 6.07) is 15.9. The van der Waals surface area contributed by atoms with E-state index in [1.165, 1.54) is 18.2 Å². The Balaban J connectivity index is 1.56. The smallest absolute Gasteiger partial charge is 0.159 e. The van der Waals surface area contributed by atoms with Crippen molar-refractivity contribution in [3.8, 4) is 28.7 Å². The summed E-state index contributed by atoms with van der Waals surface area (Å²) >= 11 is 0. The Bertz CT molecular complexity index is 1380. The Morgan fingerprint density at radius 2 is 1.48 bits per heavy atom. The molecule has 0 fully saturated rings. The van der Waals surface area contributed by atoms with Crippen LogP contribution in [0.3, 0.4) is 0 Å². The summed E-state index contributed by atoms with van der Waals surface area (Å²) in [7, 11) is 0. The number of hydrogen-bond donors (Lipinski definition) is 0. The predicted octanol–water partition coefficient (Wildman–Crippen LogP) is 7.64. The second kappa shape index (κ2) is 9.79. The summed E-state index contributed by atoms with van der Waals surface area (Å²) < 4.78 is 61.6. The molecule has 4 aromatic carbocycles. The summed E-state index contributed by atoms with van der Waals surface area (Å²) in [6.45, 7) is 2.56. The van der Waals surface area contributed by atoms with Gasteiger partial charge in [-0.25, -0.2) is 17.6 Å². The van der Waals surface area contributed by atoms with Crippen molar-refractivity contribution < 1.29 is 22.3 Å². The molecule has 166 valence electrons. The molecule has 0 aliphatic carbocycles. The van der Waals surface area contributed by atoms with E-state index in [9.17, 15) is 17.6 Å². The van der Waals surface area contributed by atoms with Crippen molar-refractivity contribution in [1.29, 1.82) is 0 Å². The summed E-state index contributed by atoms with van der Waals surface area (Å²) in [4.78, 5) is 0. The third-order valence-electron chi connectivity index (χ3n) is 5.21. The van der Waals surface area contributed by atoms with Crippen molar-refractivity contribution >= 4 is 10.8 Å². The van der Waals surface area contributed by atoms with Crippen molar-refractivity contribution in [3.05, 3.63) is 101 Å². The summed E-state index contributed by atoms with van der Waals surface area (Å²) in [6.07, 6.45) is 1.86. The number of fused-ring (bicyclic) bond motifs is 1. The molecule has 0 bridgehead atoms. The number of halogens is 4. The standard InChI is InChI=1S/C28H20F4O/c1-2-3-12-33-23-10-11-24(26(30)17-23)21-9-8-19(25(29)15-21)6-4-18-5-7-20-14-27(31)28(32)16-22(20)13-18/h5,7-11,13-17H,2-3,12H2,1H3. The number of benzene rings is 4. The Labute approximate surface area is 189 Å². The van der Waals surface area contributed by atoms with Gasteiger partial charge in [0.15, 0.2) is 11.6 Å². The molecular formula is C28H20F4O. The summed E-state index contributed by atoms with van der Waals surface area (Å²) in [5.74, 6) is 3.07. The molecule has 0 aliphatic heterocycles. The largest absolute Gasteiger partial charge is 0.493 e. The quantitative estimate of drug-likeness (QED) is 0.173. The maximum absolute atomic E-state index is 14.7. The zero-order valence-corrected chi connectivity index (χ0v) is 17.9. The third-order valence-corrected chi connectivity index (χ3v) is 5.21. The van der Waals surface area contributed by atoms with Crippen molar-refractivity contribution in [3.63, 3.8) is 0 Å². The molecule has 0 amide bonds. The first kappa shape index (κ1) is 22.4. The number of unbranched alkanes of at least 4 members (excludes halogenated alkanes) is 1. The minimum Gasteiger partial charge on any atom is -0.493 e. The van der Waals surface area contributed by atoms with Gasteiger partial charge in [0.2, 0.25) is 0 Å². The lowest BCUT2D eigenvalue weighted by atomic mass is 10.0. The molecule has 5 heteroatoms. The van der Waals surface area contributed by atoms with Crippen LogP contribution in [0.1, 0.15) is 30.9 Å². The lowest BCUT2D eigenvalue weighted by molar-refractivity contribution is 0.308. The highest BCUT2D eigenvalue weighted by Gasteiger charge is 2.10. The van der Waals surface area contributed by atoms with Crippen LogP contribution < -0.4 is 4.74 Å². The van der Waals surface area contributed by atoms with E-state index in [0.717, 1.165) is 25.0 Å². The highest BCUT2D eigenvalue weighted by atomic mass is 19.2.